The lowest BCUT2D eigenvalue weighted by Gasteiger charge is -2.23. The summed E-state index contributed by atoms with van der Waals surface area (Å²) in [4.78, 5) is 1.36. The van der Waals surface area contributed by atoms with E-state index in [-0.39, 0.29) is 0 Å². The second-order valence-electron chi connectivity index (χ2n) is 4.63. The van der Waals surface area contributed by atoms with Gasteiger partial charge < -0.3 is 10.6 Å². The Hall–Kier alpha value is -0.610. The predicted octanol–water partition coefficient (Wildman–Crippen LogP) is 3.07. The van der Waals surface area contributed by atoms with Gasteiger partial charge in [0.05, 0.1) is 6.04 Å². The monoisotopic (exact) mass is 254 g/mol. The first-order chi connectivity index (χ1) is 7.66. The summed E-state index contributed by atoms with van der Waals surface area (Å²) in [6, 6.07) is 5.21. The second-order valence-corrected chi connectivity index (χ2v) is 6.02. The van der Waals surface area contributed by atoms with Crippen LogP contribution in [0.1, 0.15) is 37.6 Å². The molecule has 88 valence electrons. The van der Waals surface area contributed by atoms with Crippen molar-refractivity contribution in [1.29, 1.82) is 0 Å². The summed E-state index contributed by atoms with van der Waals surface area (Å²) in [7, 11) is 0. The lowest BCUT2D eigenvalue weighted by molar-refractivity contribution is 0.475. The maximum absolute atomic E-state index is 5.32. The van der Waals surface area contributed by atoms with Gasteiger partial charge in [-0.1, -0.05) is 19.9 Å². The molecule has 2 N–H and O–H groups in total. The highest BCUT2D eigenvalue weighted by molar-refractivity contribution is 7.80. The molecule has 1 aromatic heterocycles. The fourth-order valence-electron chi connectivity index (χ4n) is 1.63. The van der Waals surface area contributed by atoms with Crippen LogP contribution in [0.3, 0.4) is 0 Å². The molecule has 0 bridgehead atoms. The molecule has 0 saturated heterocycles. The van der Waals surface area contributed by atoms with Gasteiger partial charge in [-0.2, -0.15) is 0 Å². The van der Waals surface area contributed by atoms with Crippen molar-refractivity contribution in [2.24, 2.45) is 5.92 Å². The Morgan fingerprint density at radius 2 is 2.25 bits per heavy atom. The molecule has 0 unspecified atom stereocenters. The van der Waals surface area contributed by atoms with Crippen molar-refractivity contribution in [1.82, 2.24) is 10.6 Å². The molecule has 1 aliphatic rings. The van der Waals surface area contributed by atoms with E-state index < -0.39 is 0 Å². The molecule has 2 nitrogen and oxygen atoms in total. The maximum Gasteiger partial charge on any atom is 0.167 e. The third kappa shape index (κ3) is 3.19. The quantitative estimate of drug-likeness (QED) is 0.808. The third-order valence-electron chi connectivity index (χ3n) is 2.72. The summed E-state index contributed by atoms with van der Waals surface area (Å²) in [6.07, 6.45) is 2.51. The van der Waals surface area contributed by atoms with Gasteiger partial charge in [0.2, 0.25) is 0 Å². The van der Waals surface area contributed by atoms with Crippen LogP contribution in [0.2, 0.25) is 0 Å². The van der Waals surface area contributed by atoms with Crippen LogP contribution in [0.15, 0.2) is 17.5 Å². The van der Waals surface area contributed by atoms with E-state index in [9.17, 15) is 0 Å². The van der Waals surface area contributed by atoms with Crippen LogP contribution in [-0.2, 0) is 0 Å². The minimum absolute atomic E-state index is 0.332. The number of hydrogen-bond donors (Lipinski definition) is 2. The molecular formula is C12H18N2S2. The van der Waals surface area contributed by atoms with Crippen LogP contribution < -0.4 is 10.6 Å². The van der Waals surface area contributed by atoms with Gasteiger partial charge in [-0.05, 0) is 42.4 Å². The Bertz CT molecular complexity index is 342. The Morgan fingerprint density at radius 3 is 2.75 bits per heavy atom. The third-order valence-corrected chi connectivity index (χ3v) is 3.91. The van der Waals surface area contributed by atoms with Crippen molar-refractivity contribution in [2.45, 2.75) is 38.8 Å². The highest BCUT2D eigenvalue weighted by atomic mass is 32.1. The van der Waals surface area contributed by atoms with Crippen molar-refractivity contribution < 1.29 is 0 Å². The zero-order chi connectivity index (χ0) is 11.5. The summed E-state index contributed by atoms with van der Waals surface area (Å²) in [6.45, 7) is 4.44. The van der Waals surface area contributed by atoms with E-state index in [0.717, 1.165) is 5.11 Å². The Labute approximate surface area is 106 Å². The van der Waals surface area contributed by atoms with Gasteiger partial charge in [-0.15, -0.1) is 11.3 Å². The molecule has 0 radical (unpaired) electrons. The number of nitrogens with one attached hydrogen (secondary N) is 2. The number of thiophene rings is 1. The lowest BCUT2D eigenvalue weighted by atomic mass is 10.0. The van der Waals surface area contributed by atoms with Gasteiger partial charge >= 0.3 is 0 Å². The zero-order valence-electron chi connectivity index (χ0n) is 9.69. The molecule has 1 atom stereocenters. The Morgan fingerprint density at radius 1 is 1.50 bits per heavy atom. The standard InChI is InChI=1S/C12H18N2S2/c1-8(2)11(10-4-3-7-16-10)14-12(15)13-9-5-6-9/h3-4,7-9,11H,5-6H2,1-2H3,(H2,13,14,15)/t11-/m1/s1. The van der Waals surface area contributed by atoms with E-state index in [2.05, 4.69) is 42.0 Å². The molecule has 1 aliphatic carbocycles. The molecule has 0 aliphatic heterocycles. The van der Waals surface area contributed by atoms with Gasteiger partial charge in [0.25, 0.3) is 0 Å². The fraction of sp³-hybridized carbons (Fsp3) is 0.583. The van der Waals surface area contributed by atoms with Crippen molar-refractivity contribution >= 4 is 28.7 Å². The topological polar surface area (TPSA) is 24.1 Å². The van der Waals surface area contributed by atoms with E-state index in [1.165, 1.54) is 17.7 Å². The summed E-state index contributed by atoms with van der Waals surface area (Å²) in [5, 5.41) is 9.66. The maximum atomic E-state index is 5.32. The van der Waals surface area contributed by atoms with Gasteiger partial charge in [-0.25, -0.2) is 0 Å². The molecule has 0 spiro atoms. The van der Waals surface area contributed by atoms with E-state index >= 15 is 0 Å². The molecule has 0 amide bonds. The molecule has 4 heteroatoms. The van der Waals surface area contributed by atoms with E-state index in [1.54, 1.807) is 11.3 Å². The fourth-order valence-corrected chi connectivity index (χ4v) is 2.87. The van der Waals surface area contributed by atoms with Gasteiger partial charge in [-0.3, -0.25) is 0 Å². The summed E-state index contributed by atoms with van der Waals surface area (Å²) < 4.78 is 0. The Balaban J connectivity index is 1.94. The second kappa shape index (κ2) is 5.15. The van der Waals surface area contributed by atoms with Crippen LogP contribution in [0, 0.1) is 5.92 Å². The molecule has 2 rings (SSSR count). The predicted molar refractivity (Wildman–Crippen MR) is 73.8 cm³/mol. The van der Waals surface area contributed by atoms with Crippen molar-refractivity contribution in [3.05, 3.63) is 22.4 Å². The van der Waals surface area contributed by atoms with Crippen molar-refractivity contribution in [2.75, 3.05) is 0 Å². The van der Waals surface area contributed by atoms with Crippen LogP contribution >= 0.6 is 23.6 Å². The van der Waals surface area contributed by atoms with Gasteiger partial charge in [0, 0.05) is 10.9 Å². The van der Waals surface area contributed by atoms with Crippen molar-refractivity contribution in [3.63, 3.8) is 0 Å². The minimum Gasteiger partial charge on any atom is -0.360 e. The summed E-state index contributed by atoms with van der Waals surface area (Å²) in [5.41, 5.74) is 0. The van der Waals surface area contributed by atoms with Crippen LogP contribution in [0.4, 0.5) is 0 Å². The number of thiocarbonyl (C=S) groups is 1. The molecule has 16 heavy (non-hydrogen) atoms. The molecule has 1 heterocycles. The van der Waals surface area contributed by atoms with E-state index in [0.29, 0.717) is 18.0 Å². The molecule has 1 fully saturated rings. The Kier molecular flexibility index (Phi) is 3.82. The smallest absolute Gasteiger partial charge is 0.167 e. The van der Waals surface area contributed by atoms with Crippen LogP contribution in [0.5, 0.6) is 0 Å². The average Bonchev–Trinajstić information content (AvgIpc) is 2.87. The molecular weight excluding hydrogens is 236 g/mol. The highest BCUT2D eigenvalue weighted by Gasteiger charge is 2.24. The summed E-state index contributed by atoms with van der Waals surface area (Å²) >= 11 is 7.11. The normalized spacial score (nSPS) is 17.2. The zero-order valence-corrected chi connectivity index (χ0v) is 11.3. The number of hydrogen-bond acceptors (Lipinski definition) is 2. The molecule has 1 saturated carbocycles. The average molecular weight is 254 g/mol. The van der Waals surface area contributed by atoms with Crippen LogP contribution in [-0.4, -0.2) is 11.2 Å². The van der Waals surface area contributed by atoms with Crippen molar-refractivity contribution in [3.8, 4) is 0 Å². The first-order valence-corrected chi connectivity index (χ1v) is 7.06. The highest BCUT2D eigenvalue weighted by Crippen LogP contribution is 2.26. The van der Waals surface area contributed by atoms with Crippen LogP contribution in [0.25, 0.3) is 0 Å². The summed E-state index contributed by atoms with van der Waals surface area (Å²) in [5.74, 6) is 0.539. The largest absolute Gasteiger partial charge is 0.360 e. The van der Waals surface area contributed by atoms with Gasteiger partial charge in [0.1, 0.15) is 0 Å². The first kappa shape index (κ1) is 11.9. The molecule has 0 aromatic carbocycles. The van der Waals surface area contributed by atoms with Gasteiger partial charge in [0.15, 0.2) is 5.11 Å². The number of rotatable bonds is 4. The molecule has 1 aromatic rings. The lowest BCUT2D eigenvalue weighted by Crippen LogP contribution is -2.40. The first-order valence-electron chi connectivity index (χ1n) is 5.77. The van der Waals surface area contributed by atoms with E-state index in [1.807, 2.05) is 0 Å². The SMILES string of the molecule is CC(C)[C@@H](NC(=S)NC1CC1)c1cccs1. The minimum atomic E-state index is 0.332. The van der Waals surface area contributed by atoms with E-state index in [4.69, 9.17) is 12.2 Å².